The maximum Gasteiger partial charge on any atom is 0.339 e. The lowest BCUT2D eigenvalue weighted by atomic mass is 10.1. The van der Waals surface area contributed by atoms with E-state index in [1.54, 1.807) is 25.1 Å². The molecule has 27 heavy (non-hydrogen) atoms. The monoisotopic (exact) mass is 413 g/mol. The molecule has 1 N–H and O–H groups in total. The van der Waals surface area contributed by atoms with Crippen molar-refractivity contribution < 1.29 is 27.4 Å². The average Bonchev–Trinajstić information content (AvgIpc) is 2.66. The molecule has 0 aliphatic carbocycles. The number of rotatable bonds is 7. The van der Waals surface area contributed by atoms with Crippen molar-refractivity contribution in [1.29, 1.82) is 0 Å². The molecule has 0 spiro atoms. The van der Waals surface area contributed by atoms with Crippen molar-refractivity contribution in [1.82, 2.24) is 4.72 Å². The van der Waals surface area contributed by atoms with Crippen molar-refractivity contribution in [2.75, 3.05) is 21.3 Å². The molecule has 0 unspecified atom stereocenters. The van der Waals surface area contributed by atoms with E-state index in [0.29, 0.717) is 17.1 Å². The molecule has 0 saturated carbocycles. The molecule has 0 saturated heterocycles. The van der Waals surface area contributed by atoms with Gasteiger partial charge in [-0.3, -0.25) is 0 Å². The number of ether oxygens (including phenoxy) is 3. The van der Waals surface area contributed by atoms with E-state index in [2.05, 4.69) is 9.46 Å². The number of carbonyl (C=O) groups excluding carboxylic acids is 1. The minimum Gasteiger partial charge on any atom is -0.497 e. The highest BCUT2D eigenvalue weighted by Gasteiger charge is 2.23. The van der Waals surface area contributed by atoms with Gasteiger partial charge in [-0.05, 0) is 43.3 Å². The molecule has 146 valence electrons. The summed E-state index contributed by atoms with van der Waals surface area (Å²) in [5, 5.41) is 0.100. The highest BCUT2D eigenvalue weighted by molar-refractivity contribution is 7.89. The van der Waals surface area contributed by atoms with Crippen LogP contribution in [0.25, 0.3) is 0 Å². The first kappa shape index (κ1) is 21.0. The second-order valence-corrected chi connectivity index (χ2v) is 7.71. The third-order valence-electron chi connectivity index (χ3n) is 3.89. The van der Waals surface area contributed by atoms with Crippen LogP contribution in [0, 0.1) is 0 Å². The second kappa shape index (κ2) is 8.60. The van der Waals surface area contributed by atoms with Gasteiger partial charge >= 0.3 is 5.97 Å². The normalized spacial score (nSPS) is 12.3. The van der Waals surface area contributed by atoms with Crippen LogP contribution in [-0.4, -0.2) is 35.7 Å². The van der Waals surface area contributed by atoms with E-state index in [1.807, 2.05) is 0 Å². The zero-order chi connectivity index (χ0) is 20.2. The van der Waals surface area contributed by atoms with Gasteiger partial charge in [-0.2, -0.15) is 0 Å². The van der Waals surface area contributed by atoms with Crippen molar-refractivity contribution in [2.45, 2.75) is 17.9 Å². The van der Waals surface area contributed by atoms with Gasteiger partial charge in [-0.15, -0.1) is 0 Å². The summed E-state index contributed by atoms with van der Waals surface area (Å²) in [4.78, 5) is 11.6. The Morgan fingerprint density at radius 3 is 2.37 bits per heavy atom. The molecule has 7 nitrogen and oxygen atoms in total. The number of halogens is 1. The number of benzene rings is 2. The van der Waals surface area contributed by atoms with Crippen LogP contribution < -0.4 is 14.2 Å². The minimum atomic E-state index is -3.95. The molecular weight excluding hydrogens is 394 g/mol. The molecule has 2 aromatic carbocycles. The standard InChI is InChI=1S/C18H20ClNO6S/c1-11(14-9-12(24-2)5-8-17(14)25-3)20-27(22,23)13-6-7-16(19)15(10-13)18(21)26-4/h5-11,20H,1-4H3/t11-/m0/s1. The minimum absolute atomic E-state index is 0.0337. The number of nitrogens with one attached hydrogen (secondary N) is 1. The fourth-order valence-corrected chi connectivity index (χ4v) is 3.92. The molecule has 2 aromatic rings. The molecule has 0 bridgehead atoms. The Morgan fingerprint density at radius 1 is 1.07 bits per heavy atom. The van der Waals surface area contributed by atoms with Crippen LogP contribution in [0.4, 0.5) is 0 Å². The van der Waals surface area contributed by atoms with Crippen molar-refractivity contribution in [3.8, 4) is 11.5 Å². The molecule has 0 aliphatic rings. The summed E-state index contributed by atoms with van der Waals surface area (Å²) in [5.41, 5.74) is 0.566. The van der Waals surface area contributed by atoms with E-state index in [9.17, 15) is 13.2 Å². The van der Waals surface area contributed by atoms with Gasteiger partial charge < -0.3 is 14.2 Å². The van der Waals surface area contributed by atoms with Crippen molar-refractivity contribution in [2.24, 2.45) is 0 Å². The van der Waals surface area contributed by atoms with Gasteiger partial charge in [0.15, 0.2) is 0 Å². The summed E-state index contributed by atoms with van der Waals surface area (Å²) < 4.78 is 43.2. The quantitative estimate of drug-likeness (QED) is 0.701. The maximum absolute atomic E-state index is 12.8. The second-order valence-electron chi connectivity index (χ2n) is 5.58. The zero-order valence-electron chi connectivity index (χ0n) is 15.3. The number of carbonyl (C=O) groups is 1. The van der Waals surface area contributed by atoms with E-state index < -0.39 is 22.0 Å². The predicted octanol–water partition coefficient (Wildman–Crippen LogP) is 3.18. The zero-order valence-corrected chi connectivity index (χ0v) is 16.8. The Kier molecular flexibility index (Phi) is 6.69. The lowest BCUT2D eigenvalue weighted by Gasteiger charge is -2.18. The summed E-state index contributed by atoms with van der Waals surface area (Å²) in [6.45, 7) is 1.67. The Hall–Kier alpha value is -2.29. The first-order valence-electron chi connectivity index (χ1n) is 7.85. The molecule has 0 heterocycles. The first-order valence-corrected chi connectivity index (χ1v) is 9.71. The van der Waals surface area contributed by atoms with Gasteiger partial charge in [0.25, 0.3) is 0 Å². The van der Waals surface area contributed by atoms with Crippen LogP contribution in [0.15, 0.2) is 41.3 Å². The summed E-state index contributed by atoms with van der Waals surface area (Å²) in [7, 11) is 0.254. The van der Waals surface area contributed by atoms with E-state index in [-0.39, 0.29) is 15.5 Å². The van der Waals surface area contributed by atoms with Gasteiger partial charge in [0.1, 0.15) is 11.5 Å². The topological polar surface area (TPSA) is 90.9 Å². The number of hydrogen-bond acceptors (Lipinski definition) is 6. The van der Waals surface area contributed by atoms with Gasteiger partial charge in [0.2, 0.25) is 10.0 Å². The summed E-state index contributed by atoms with van der Waals surface area (Å²) in [5.74, 6) is 0.355. The Bertz CT molecular complexity index is 945. The molecule has 0 amide bonds. The van der Waals surface area contributed by atoms with Crippen LogP contribution in [0.2, 0.25) is 5.02 Å². The summed E-state index contributed by atoms with van der Waals surface area (Å²) in [6, 6.07) is 8.28. The van der Waals surface area contributed by atoms with Crippen molar-refractivity contribution in [3.05, 3.63) is 52.5 Å². The maximum atomic E-state index is 12.8. The highest BCUT2D eigenvalue weighted by atomic mass is 35.5. The Morgan fingerprint density at radius 2 is 1.78 bits per heavy atom. The van der Waals surface area contributed by atoms with Crippen molar-refractivity contribution in [3.63, 3.8) is 0 Å². The van der Waals surface area contributed by atoms with Crippen LogP contribution in [0.1, 0.15) is 28.9 Å². The number of esters is 1. The third-order valence-corrected chi connectivity index (χ3v) is 5.76. The van der Waals surface area contributed by atoms with Crippen LogP contribution >= 0.6 is 11.6 Å². The van der Waals surface area contributed by atoms with E-state index in [0.717, 1.165) is 0 Å². The fourth-order valence-electron chi connectivity index (χ4n) is 2.48. The average molecular weight is 414 g/mol. The van der Waals surface area contributed by atoms with E-state index >= 15 is 0 Å². The molecular formula is C18H20ClNO6S. The van der Waals surface area contributed by atoms with Gasteiger partial charge in [0.05, 0.1) is 36.8 Å². The molecule has 1 atom stereocenters. The Balaban J connectivity index is 2.38. The van der Waals surface area contributed by atoms with E-state index in [1.165, 1.54) is 39.5 Å². The van der Waals surface area contributed by atoms with Gasteiger partial charge in [0, 0.05) is 11.6 Å². The lowest BCUT2D eigenvalue weighted by Crippen LogP contribution is -2.27. The molecule has 9 heteroatoms. The highest BCUT2D eigenvalue weighted by Crippen LogP contribution is 2.30. The van der Waals surface area contributed by atoms with E-state index in [4.69, 9.17) is 21.1 Å². The molecule has 0 radical (unpaired) electrons. The molecule has 0 aromatic heterocycles. The molecule has 2 rings (SSSR count). The van der Waals surface area contributed by atoms with Crippen LogP contribution in [-0.2, 0) is 14.8 Å². The predicted molar refractivity (Wildman–Crippen MR) is 101 cm³/mol. The summed E-state index contributed by atoms with van der Waals surface area (Å²) >= 11 is 5.95. The lowest BCUT2D eigenvalue weighted by molar-refractivity contribution is 0.0600. The summed E-state index contributed by atoms with van der Waals surface area (Å²) in [6.07, 6.45) is 0. The largest absolute Gasteiger partial charge is 0.497 e. The number of methoxy groups -OCH3 is 3. The third kappa shape index (κ3) is 4.71. The molecule has 0 fully saturated rings. The van der Waals surface area contributed by atoms with Crippen LogP contribution in [0.3, 0.4) is 0 Å². The molecule has 0 aliphatic heterocycles. The van der Waals surface area contributed by atoms with Gasteiger partial charge in [-0.25, -0.2) is 17.9 Å². The fraction of sp³-hybridized carbons (Fsp3) is 0.278. The Labute approximate surface area is 163 Å². The smallest absolute Gasteiger partial charge is 0.339 e. The SMILES string of the molecule is COC(=O)c1cc(S(=O)(=O)N[C@@H](C)c2cc(OC)ccc2OC)ccc1Cl. The number of hydrogen-bond donors (Lipinski definition) is 1. The van der Waals surface area contributed by atoms with Crippen molar-refractivity contribution >= 4 is 27.6 Å². The first-order chi connectivity index (χ1) is 12.7. The van der Waals surface area contributed by atoms with Crippen LogP contribution in [0.5, 0.6) is 11.5 Å². The van der Waals surface area contributed by atoms with Gasteiger partial charge in [-0.1, -0.05) is 11.6 Å². The number of sulfonamides is 1.